The van der Waals surface area contributed by atoms with E-state index in [1.165, 1.54) is 38.2 Å². The van der Waals surface area contributed by atoms with Crippen LogP contribution in [0, 0.1) is 5.82 Å². The summed E-state index contributed by atoms with van der Waals surface area (Å²) in [5.41, 5.74) is 1.51. The van der Waals surface area contributed by atoms with Gasteiger partial charge in [-0.3, -0.25) is 9.59 Å². The summed E-state index contributed by atoms with van der Waals surface area (Å²) in [5.74, 6) is -1.60. The van der Waals surface area contributed by atoms with Crippen LogP contribution >= 0.6 is 11.6 Å². The molecule has 0 spiro atoms. The van der Waals surface area contributed by atoms with Crippen LogP contribution in [0.2, 0.25) is 5.02 Å². The molecule has 0 aliphatic carbocycles. The lowest BCUT2D eigenvalue weighted by atomic mass is 10.0. The Bertz CT molecular complexity index is 1360. The zero-order chi connectivity index (χ0) is 27.9. The minimum atomic E-state index is -4.15. The highest BCUT2D eigenvalue weighted by atomic mass is 35.5. The van der Waals surface area contributed by atoms with Crippen molar-refractivity contribution in [3.05, 3.63) is 101 Å². The van der Waals surface area contributed by atoms with Crippen LogP contribution < -0.4 is 9.62 Å². The van der Waals surface area contributed by atoms with Crippen molar-refractivity contribution in [1.29, 1.82) is 0 Å². The van der Waals surface area contributed by atoms with Crippen molar-refractivity contribution in [3.8, 4) is 0 Å². The van der Waals surface area contributed by atoms with Gasteiger partial charge in [0, 0.05) is 39.1 Å². The highest BCUT2D eigenvalue weighted by molar-refractivity contribution is 7.90. The van der Waals surface area contributed by atoms with Crippen molar-refractivity contribution >= 4 is 39.3 Å². The third kappa shape index (κ3) is 7.09. The number of hydrogen-bond acceptors (Lipinski definition) is 4. The molecule has 0 fully saturated rings. The van der Waals surface area contributed by atoms with Gasteiger partial charge in [-0.05, 0) is 41.5 Å². The normalized spacial score (nSPS) is 12.2. The monoisotopic (exact) mass is 560 g/mol. The molecular weight excluding hydrogens is 531 g/mol. The Kier molecular flexibility index (Phi) is 9.84. The lowest BCUT2D eigenvalue weighted by molar-refractivity contribution is -0.139. The summed E-state index contributed by atoms with van der Waals surface area (Å²) in [6.45, 7) is -0.665. The van der Waals surface area contributed by atoms with E-state index in [4.69, 9.17) is 11.6 Å². The van der Waals surface area contributed by atoms with Crippen LogP contribution in [0.1, 0.15) is 11.1 Å². The Hall–Kier alpha value is -3.47. The van der Waals surface area contributed by atoms with Crippen molar-refractivity contribution in [2.45, 2.75) is 19.0 Å². The Morgan fingerprint density at radius 2 is 1.55 bits per heavy atom. The van der Waals surface area contributed by atoms with Crippen LogP contribution in [0.4, 0.5) is 10.1 Å². The number of rotatable bonds is 11. The summed E-state index contributed by atoms with van der Waals surface area (Å²) in [5, 5.41) is 3.01. The summed E-state index contributed by atoms with van der Waals surface area (Å²) in [6.07, 6.45) is 0.188. The fourth-order valence-corrected chi connectivity index (χ4v) is 5.11. The molecular formula is C27H30ClFN4O4S. The third-order valence-electron chi connectivity index (χ3n) is 5.95. The lowest BCUT2D eigenvalue weighted by Gasteiger charge is -2.34. The predicted molar refractivity (Wildman–Crippen MR) is 146 cm³/mol. The van der Waals surface area contributed by atoms with Gasteiger partial charge in [-0.2, -0.15) is 12.7 Å². The minimum Gasteiger partial charge on any atom is -0.357 e. The molecule has 0 aliphatic rings. The summed E-state index contributed by atoms with van der Waals surface area (Å²) in [6, 6.07) is 19.9. The first kappa shape index (κ1) is 29.1. The molecule has 0 heterocycles. The smallest absolute Gasteiger partial charge is 0.304 e. The van der Waals surface area contributed by atoms with E-state index in [2.05, 4.69) is 5.32 Å². The Labute approximate surface area is 227 Å². The molecule has 0 aliphatic heterocycles. The second-order valence-electron chi connectivity index (χ2n) is 8.71. The van der Waals surface area contributed by atoms with Gasteiger partial charge in [-0.1, -0.05) is 60.1 Å². The van der Waals surface area contributed by atoms with Gasteiger partial charge in [0.15, 0.2) is 0 Å². The Morgan fingerprint density at radius 3 is 2.13 bits per heavy atom. The van der Waals surface area contributed by atoms with E-state index in [-0.39, 0.29) is 18.7 Å². The van der Waals surface area contributed by atoms with E-state index in [1.54, 1.807) is 24.3 Å². The van der Waals surface area contributed by atoms with E-state index in [1.807, 2.05) is 30.3 Å². The molecule has 2 amide bonds. The molecule has 1 N–H and O–H groups in total. The van der Waals surface area contributed by atoms with Crippen molar-refractivity contribution in [3.63, 3.8) is 0 Å². The van der Waals surface area contributed by atoms with E-state index in [0.29, 0.717) is 10.6 Å². The summed E-state index contributed by atoms with van der Waals surface area (Å²) in [7, 11) is -0.0149. The molecule has 202 valence electrons. The first-order chi connectivity index (χ1) is 18.0. The maximum atomic E-state index is 13.9. The highest BCUT2D eigenvalue weighted by Crippen LogP contribution is 2.24. The number of halogens is 2. The average molecular weight is 561 g/mol. The van der Waals surface area contributed by atoms with Crippen LogP contribution in [0.25, 0.3) is 0 Å². The van der Waals surface area contributed by atoms with Gasteiger partial charge in [0.25, 0.3) is 0 Å². The van der Waals surface area contributed by atoms with Gasteiger partial charge in [0.05, 0.1) is 5.69 Å². The van der Waals surface area contributed by atoms with Crippen LogP contribution in [-0.4, -0.2) is 63.2 Å². The standard InChI is InChI=1S/C27H30ClFN4O4S/c1-30-27(35)25(17-20-9-5-4-6-10-20)32(18-21-11-7-8-12-24(21)28)26(34)19-33(38(36,37)31(2)3)23-15-13-22(29)14-16-23/h4-16,25H,17-19H2,1-3H3,(H,30,35)/t25-/m1/s1. The maximum absolute atomic E-state index is 13.9. The lowest BCUT2D eigenvalue weighted by Crippen LogP contribution is -2.53. The van der Waals surface area contributed by atoms with Gasteiger partial charge in [-0.15, -0.1) is 0 Å². The summed E-state index contributed by atoms with van der Waals surface area (Å²) >= 11 is 6.39. The van der Waals surface area contributed by atoms with Gasteiger partial charge in [0.1, 0.15) is 18.4 Å². The zero-order valence-electron chi connectivity index (χ0n) is 21.3. The summed E-state index contributed by atoms with van der Waals surface area (Å²) in [4.78, 5) is 28.4. The van der Waals surface area contributed by atoms with E-state index < -0.39 is 40.4 Å². The number of nitrogens with zero attached hydrogens (tertiary/aromatic N) is 3. The number of amides is 2. The molecule has 38 heavy (non-hydrogen) atoms. The molecule has 11 heteroatoms. The second kappa shape index (κ2) is 12.9. The quantitative estimate of drug-likeness (QED) is 0.389. The number of hydrogen-bond donors (Lipinski definition) is 1. The van der Waals surface area contributed by atoms with E-state index >= 15 is 0 Å². The van der Waals surface area contributed by atoms with Gasteiger partial charge < -0.3 is 10.2 Å². The molecule has 8 nitrogen and oxygen atoms in total. The number of anilines is 1. The second-order valence-corrected chi connectivity index (χ2v) is 11.2. The molecule has 0 saturated carbocycles. The van der Waals surface area contributed by atoms with Crippen LogP contribution in [0.3, 0.4) is 0 Å². The molecule has 3 rings (SSSR count). The first-order valence-electron chi connectivity index (χ1n) is 11.8. The van der Waals surface area contributed by atoms with Crippen LogP contribution in [0.5, 0.6) is 0 Å². The van der Waals surface area contributed by atoms with Crippen molar-refractivity contribution in [2.24, 2.45) is 0 Å². The molecule has 0 bridgehead atoms. The number of nitrogens with one attached hydrogen (secondary N) is 1. The molecule has 0 radical (unpaired) electrons. The average Bonchev–Trinajstić information content (AvgIpc) is 2.90. The Morgan fingerprint density at radius 1 is 0.947 bits per heavy atom. The topological polar surface area (TPSA) is 90.0 Å². The largest absolute Gasteiger partial charge is 0.357 e. The molecule has 0 aromatic heterocycles. The van der Waals surface area contributed by atoms with Crippen LogP contribution in [-0.2, 0) is 32.8 Å². The molecule has 0 unspecified atom stereocenters. The van der Waals surface area contributed by atoms with Gasteiger partial charge >= 0.3 is 10.2 Å². The molecule has 3 aromatic carbocycles. The molecule has 1 atom stereocenters. The third-order valence-corrected chi connectivity index (χ3v) is 8.14. The predicted octanol–water partition coefficient (Wildman–Crippen LogP) is 3.48. The highest BCUT2D eigenvalue weighted by Gasteiger charge is 2.34. The SMILES string of the molecule is CNC(=O)[C@@H](Cc1ccccc1)N(Cc1ccccc1Cl)C(=O)CN(c1ccc(F)cc1)S(=O)(=O)N(C)C. The first-order valence-corrected chi connectivity index (χ1v) is 13.6. The molecule has 3 aromatic rings. The van der Waals surface area contributed by atoms with Gasteiger partial charge in [-0.25, -0.2) is 8.70 Å². The summed E-state index contributed by atoms with van der Waals surface area (Å²) < 4.78 is 41.9. The maximum Gasteiger partial charge on any atom is 0.304 e. The zero-order valence-corrected chi connectivity index (χ0v) is 22.9. The van der Waals surface area contributed by atoms with Crippen molar-refractivity contribution in [2.75, 3.05) is 32.0 Å². The van der Waals surface area contributed by atoms with Crippen LogP contribution in [0.15, 0.2) is 78.9 Å². The fraction of sp³-hybridized carbons (Fsp3) is 0.259. The van der Waals surface area contributed by atoms with E-state index in [0.717, 1.165) is 26.3 Å². The van der Waals surface area contributed by atoms with E-state index in [9.17, 15) is 22.4 Å². The van der Waals surface area contributed by atoms with Crippen molar-refractivity contribution in [1.82, 2.24) is 14.5 Å². The number of benzene rings is 3. The number of carbonyl (C=O) groups is 2. The number of likely N-dealkylation sites (N-methyl/N-ethyl adjacent to an activating group) is 1. The fourth-order valence-electron chi connectivity index (χ4n) is 3.85. The minimum absolute atomic E-state index is 0.0390. The molecule has 0 saturated heterocycles. The van der Waals surface area contributed by atoms with Gasteiger partial charge in [0.2, 0.25) is 11.8 Å². The van der Waals surface area contributed by atoms with Crippen molar-refractivity contribution < 1.29 is 22.4 Å². The number of carbonyl (C=O) groups excluding carboxylic acids is 2. The Balaban J connectivity index is 2.07.